The van der Waals surface area contributed by atoms with E-state index in [0.717, 1.165) is 15.7 Å². The Hall–Kier alpha value is -4.25. The van der Waals surface area contributed by atoms with E-state index < -0.39 is 10.6 Å². The van der Waals surface area contributed by atoms with Gasteiger partial charge in [0.25, 0.3) is 11.2 Å². The third-order valence-electron chi connectivity index (χ3n) is 6.68. The van der Waals surface area contributed by atoms with Crippen LogP contribution in [-0.4, -0.2) is 49.3 Å². The summed E-state index contributed by atoms with van der Waals surface area (Å²) in [4.78, 5) is 43.3. The normalized spacial score (nSPS) is 15.9. The molecule has 0 saturated carbocycles. The highest BCUT2D eigenvalue weighted by atomic mass is 16.6. The predicted molar refractivity (Wildman–Crippen MR) is 137 cm³/mol. The van der Waals surface area contributed by atoms with Gasteiger partial charge in [-0.3, -0.25) is 28.6 Å². The third kappa shape index (κ3) is 4.29. The number of nitrogens with zero attached hydrogens (tertiary/aromatic N) is 6. The molecule has 0 unspecified atom stereocenters. The van der Waals surface area contributed by atoms with Gasteiger partial charge in [-0.2, -0.15) is 4.98 Å². The van der Waals surface area contributed by atoms with Gasteiger partial charge >= 0.3 is 5.69 Å². The molecular formula is C25H27N7O4. The molecule has 0 amide bonds. The first-order valence-corrected chi connectivity index (χ1v) is 11.8. The summed E-state index contributed by atoms with van der Waals surface area (Å²) in [6.07, 6.45) is 0.688. The first-order valence-electron chi connectivity index (χ1n) is 11.8. The van der Waals surface area contributed by atoms with E-state index in [1.807, 2.05) is 34.9 Å². The Morgan fingerprint density at radius 2 is 1.75 bits per heavy atom. The van der Waals surface area contributed by atoms with Crippen LogP contribution in [0.4, 0.5) is 11.6 Å². The number of hydrogen-bond acceptors (Lipinski definition) is 7. The van der Waals surface area contributed by atoms with Gasteiger partial charge in [0, 0.05) is 51.9 Å². The maximum atomic E-state index is 13.2. The number of rotatable bonds is 6. The lowest BCUT2D eigenvalue weighted by molar-refractivity contribution is -0.384. The number of piperazine rings is 1. The van der Waals surface area contributed by atoms with Crippen molar-refractivity contribution in [2.75, 3.05) is 24.5 Å². The number of nitro groups is 1. The molecule has 1 aliphatic heterocycles. The molecule has 36 heavy (non-hydrogen) atoms. The maximum Gasteiger partial charge on any atom is 0.332 e. The summed E-state index contributed by atoms with van der Waals surface area (Å²) < 4.78 is 4.43. The molecule has 0 spiro atoms. The van der Waals surface area contributed by atoms with Crippen LogP contribution in [0.5, 0.6) is 0 Å². The molecule has 1 fully saturated rings. The van der Waals surface area contributed by atoms with Crippen LogP contribution in [0.3, 0.4) is 0 Å². The average molecular weight is 490 g/mol. The molecule has 1 saturated heterocycles. The lowest BCUT2D eigenvalue weighted by Crippen LogP contribution is -2.52. The molecule has 11 heteroatoms. The molecule has 186 valence electrons. The second-order valence-corrected chi connectivity index (χ2v) is 9.09. The van der Waals surface area contributed by atoms with Crippen molar-refractivity contribution < 1.29 is 4.92 Å². The molecule has 11 nitrogen and oxygen atoms in total. The summed E-state index contributed by atoms with van der Waals surface area (Å²) >= 11 is 0. The van der Waals surface area contributed by atoms with Gasteiger partial charge in [0.05, 0.1) is 11.5 Å². The minimum atomic E-state index is -0.417. The van der Waals surface area contributed by atoms with Gasteiger partial charge in [-0.05, 0) is 17.5 Å². The van der Waals surface area contributed by atoms with Gasteiger partial charge in [-0.15, -0.1) is 0 Å². The molecule has 1 aliphatic rings. The summed E-state index contributed by atoms with van der Waals surface area (Å²) in [5, 5.41) is 14.5. The van der Waals surface area contributed by atoms with E-state index in [2.05, 4.69) is 10.2 Å². The zero-order chi connectivity index (χ0) is 25.4. The van der Waals surface area contributed by atoms with Crippen LogP contribution in [0.2, 0.25) is 0 Å². The maximum absolute atomic E-state index is 13.2. The van der Waals surface area contributed by atoms with Crippen molar-refractivity contribution in [3.8, 4) is 0 Å². The van der Waals surface area contributed by atoms with E-state index in [-0.39, 0.29) is 17.3 Å². The predicted octanol–water partition coefficient (Wildman–Crippen LogP) is 1.41. The first kappa shape index (κ1) is 23.5. The van der Waals surface area contributed by atoms with Crippen LogP contribution in [0.1, 0.15) is 11.1 Å². The molecule has 0 aliphatic carbocycles. The number of nitro benzene ring substituents is 1. The van der Waals surface area contributed by atoms with Crippen molar-refractivity contribution in [3.63, 3.8) is 0 Å². The SMILES string of the molecule is Cn1c(=O)c2c(nc(N3CCN[C@H](Cc4ccc([N+](=O)[O-])cc4)C3)n2Cc2ccccc2)n(C)c1=O. The first-order chi connectivity index (χ1) is 17.3. The number of non-ortho nitro benzene ring substituents is 1. The summed E-state index contributed by atoms with van der Waals surface area (Å²) in [7, 11) is 3.11. The van der Waals surface area contributed by atoms with Gasteiger partial charge in [0.2, 0.25) is 5.95 Å². The zero-order valence-electron chi connectivity index (χ0n) is 20.1. The quantitative estimate of drug-likeness (QED) is 0.321. The lowest BCUT2D eigenvalue weighted by Gasteiger charge is -2.34. The number of aryl methyl sites for hydroxylation is 1. The number of nitrogens with one attached hydrogen (secondary N) is 1. The minimum absolute atomic E-state index is 0.0683. The van der Waals surface area contributed by atoms with Gasteiger partial charge in [-0.25, -0.2) is 4.79 Å². The zero-order valence-corrected chi connectivity index (χ0v) is 20.1. The highest BCUT2D eigenvalue weighted by Gasteiger charge is 2.27. The molecule has 2 aromatic heterocycles. The Labute approximate surface area is 206 Å². The summed E-state index contributed by atoms with van der Waals surface area (Å²) in [6, 6.07) is 16.5. The van der Waals surface area contributed by atoms with Crippen LogP contribution in [-0.2, 0) is 27.1 Å². The highest BCUT2D eigenvalue weighted by molar-refractivity contribution is 5.75. The molecule has 2 aromatic carbocycles. The van der Waals surface area contributed by atoms with Crippen LogP contribution in [0.25, 0.3) is 11.2 Å². The van der Waals surface area contributed by atoms with Crippen molar-refractivity contribution in [2.24, 2.45) is 14.1 Å². The Kier molecular flexibility index (Phi) is 6.15. The summed E-state index contributed by atoms with van der Waals surface area (Å²) in [6.45, 7) is 2.46. The summed E-state index contributed by atoms with van der Waals surface area (Å²) in [5.74, 6) is 0.641. The standard InChI is InChI=1S/C25H27N7O4/c1-28-22-21(23(33)29(2)25(28)34)31(15-18-6-4-3-5-7-18)24(27-22)30-13-12-26-19(16-30)14-17-8-10-20(11-9-17)32(35)36/h3-11,19,26H,12-16H2,1-2H3/t19-/m1/s1. The number of aromatic nitrogens is 4. The fraction of sp³-hybridized carbons (Fsp3) is 0.320. The van der Waals surface area contributed by atoms with Gasteiger partial charge in [-0.1, -0.05) is 42.5 Å². The number of anilines is 1. The van der Waals surface area contributed by atoms with Crippen molar-refractivity contribution in [3.05, 3.63) is 96.7 Å². The third-order valence-corrected chi connectivity index (χ3v) is 6.68. The van der Waals surface area contributed by atoms with E-state index in [0.29, 0.717) is 49.7 Å². The minimum Gasteiger partial charge on any atom is -0.339 e. The Bertz CT molecular complexity index is 1540. The Morgan fingerprint density at radius 3 is 2.44 bits per heavy atom. The van der Waals surface area contributed by atoms with Gasteiger partial charge in [0.15, 0.2) is 11.2 Å². The monoisotopic (exact) mass is 489 g/mol. The van der Waals surface area contributed by atoms with Crippen LogP contribution >= 0.6 is 0 Å². The summed E-state index contributed by atoms with van der Waals surface area (Å²) in [5.41, 5.74) is 2.04. The topological polar surface area (TPSA) is 120 Å². The highest BCUT2D eigenvalue weighted by Crippen LogP contribution is 2.23. The molecule has 1 N–H and O–H groups in total. The fourth-order valence-electron chi connectivity index (χ4n) is 4.77. The Balaban J connectivity index is 1.52. The van der Waals surface area contributed by atoms with E-state index in [1.165, 1.54) is 23.7 Å². The molecule has 3 heterocycles. The van der Waals surface area contributed by atoms with E-state index >= 15 is 0 Å². The number of hydrogen-bond donors (Lipinski definition) is 1. The smallest absolute Gasteiger partial charge is 0.332 e. The fourth-order valence-corrected chi connectivity index (χ4v) is 4.77. The van der Waals surface area contributed by atoms with E-state index in [4.69, 9.17) is 4.98 Å². The van der Waals surface area contributed by atoms with Gasteiger partial charge < -0.3 is 10.2 Å². The van der Waals surface area contributed by atoms with E-state index in [9.17, 15) is 19.7 Å². The van der Waals surface area contributed by atoms with Crippen molar-refractivity contribution in [1.82, 2.24) is 24.0 Å². The van der Waals surface area contributed by atoms with Gasteiger partial charge in [0.1, 0.15) is 0 Å². The van der Waals surface area contributed by atoms with Crippen LogP contribution < -0.4 is 21.5 Å². The van der Waals surface area contributed by atoms with Crippen LogP contribution in [0.15, 0.2) is 64.2 Å². The number of fused-ring (bicyclic) bond motifs is 1. The van der Waals surface area contributed by atoms with Crippen molar-refractivity contribution in [2.45, 2.75) is 19.0 Å². The molecule has 0 radical (unpaired) electrons. The number of benzene rings is 2. The Morgan fingerprint density at radius 1 is 1.03 bits per heavy atom. The van der Waals surface area contributed by atoms with Crippen molar-refractivity contribution in [1.29, 1.82) is 0 Å². The van der Waals surface area contributed by atoms with Crippen molar-refractivity contribution >= 4 is 22.8 Å². The molecular weight excluding hydrogens is 462 g/mol. The molecule has 0 bridgehead atoms. The second-order valence-electron chi connectivity index (χ2n) is 9.09. The number of imidazole rings is 1. The average Bonchev–Trinajstić information content (AvgIpc) is 3.26. The molecule has 4 aromatic rings. The molecule has 5 rings (SSSR count). The largest absolute Gasteiger partial charge is 0.339 e. The van der Waals surface area contributed by atoms with Crippen LogP contribution in [0, 0.1) is 10.1 Å². The van der Waals surface area contributed by atoms with E-state index in [1.54, 1.807) is 19.2 Å². The second kappa shape index (κ2) is 9.42. The lowest BCUT2D eigenvalue weighted by atomic mass is 10.0. The molecule has 1 atom stereocenters.